The molecule has 3 nitrogen and oxygen atoms in total. The van der Waals surface area contributed by atoms with Crippen molar-refractivity contribution in [2.24, 2.45) is 11.3 Å². The fourth-order valence-electron chi connectivity index (χ4n) is 2.49. The quantitative estimate of drug-likeness (QED) is 0.684. The summed E-state index contributed by atoms with van der Waals surface area (Å²) in [6, 6.07) is 0.382. The first-order chi connectivity index (χ1) is 6.54. The monoisotopic (exact) mass is 199 g/mol. The Morgan fingerprint density at radius 3 is 2.29 bits per heavy atom. The van der Waals surface area contributed by atoms with Gasteiger partial charge in [0.1, 0.15) is 6.10 Å². The van der Waals surface area contributed by atoms with Crippen molar-refractivity contribution < 1.29 is 9.47 Å². The zero-order valence-corrected chi connectivity index (χ0v) is 9.54. The largest absolute Gasteiger partial charge is 0.373 e. The molecule has 0 amide bonds. The Labute approximate surface area is 86.2 Å². The van der Waals surface area contributed by atoms with Crippen LogP contribution < -0.4 is 5.32 Å². The predicted octanol–water partition coefficient (Wildman–Crippen LogP) is 1.03. The van der Waals surface area contributed by atoms with Crippen molar-refractivity contribution in [1.82, 2.24) is 5.32 Å². The van der Waals surface area contributed by atoms with Gasteiger partial charge in [-0.2, -0.15) is 0 Å². The summed E-state index contributed by atoms with van der Waals surface area (Å²) in [5.41, 5.74) is 0.280. The van der Waals surface area contributed by atoms with Crippen molar-refractivity contribution in [3.05, 3.63) is 0 Å². The van der Waals surface area contributed by atoms with Gasteiger partial charge in [0, 0.05) is 5.92 Å². The third-order valence-electron chi connectivity index (χ3n) is 3.54. The maximum Gasteiger partial charge on any atom is 0.101 e. The number of nitrogens with one attached hydrogen (secondary N) is 1. The van der Waals surface area contributed by atoms with Gasteiger partial charge in [0.15, 0.2) is 0 Å². The van der Waals surface area contributed by atoms with E-state index in [1.165, 1.54) is 0 Å². The molecule has 82 valence electrons. The van der Waals surface area contributed by atoms with Crippen molar-refractivity contribution in [1.29, 1.82) is 0 Å². The Kier molecular flexibility index (Phi) is 2.58. The number of likely N-dealkylation sites (N-methyl/N-ethyl adjacent to an activating group) is 1. The van der Waals surface area contributed by atoms with Gasteiger partial charge < -0.3 is 14.8 Å². The standard InChI is InChI=1S/C11H21NO2/c1-11(2,3)7-5-13-10-8(12-4)6-14-9(7)10/h7-10,12H,5-6H2,1-4H3. The van der Waals surface area contributed by atoms with Crippen LogP contribution in [0.5, 0.6) is 0 Å². The molecule has 3 heteroatoms. The summed E-state index contributed by atoms with van der Waals surface area (Å²) in [4.78, 5) is 0. The maximum absolute atomic E-state index is 5.83. The van der Waals surface area contributed by atoms with Crippen molar-refractivity contribution >= 4 is 0 Å². The Morgan fingerprint density at radius 1 is 1.07 bits per heavy atom. The lowest BCUT2D eigenvalue weighted by molar-refractivity contribution is 0.0342. The van der Waals surface area contributed by atoms with Gasteiger partial charge in [-0.15, -0.1) is 0 Å². The van der Waals surface area contributed by atoms with Crippen LogP contribution in [0.1, 0.15) is 20.8 Å². The van der Waals surface area contributed by atoms with Crippen LogP contribution in [-0.4, -0.2) is 38.5 Å². The Bertz CT molecular complexity index is 212. The second-order valence-electron chi connectivity index (χ2n) is 5.46. The molecule has 4 atom stereocenters. The number of ether oxygens (including phenoxy) is 2. The van der Waals surface area contributed by atoms with Gasteiger partial charge in [-0.1, -0.05) is 20.8 Å². The third-order valence-corrected chi connectivity index (χ3v) is 3.54. The fourth-order valence-corrected chi connectivity index (χ4v) is 2.49. The van der Waals surface area contributed by atoms with Gasteiger partial charge in [0.25, 0.3) is 0 Å². The molecule has 0 spiro atoms. The first-order valence-electron chi connectivity index (χ1n) is 5.44. The van der Waals surface area contributed by atoms with Gasteiger partial charge in [0.05, 0.1) is 25.4 Å². The van der Waals surface area contributed by atoms with E-state index in [0.29, 0.717) is 18.1 Å². The lowest BCUT2D eigenvalue weighted by Crippen LogP contribution is -2.39. The average molecular weight is 199 g/mol. The minimum absolute atomic E-state index is 0.268. The molecule has 2 fully saturated rings. The molecular weight excluding hydrogens is 178 g/mol. The highest BCUT2D eigenvalue weighted by Crippen LogP contribution is 2.40. The van der Waals surface area contributed by atoms with E-state index in [0.717, 1.165) is 13.2 Å². The van der Waals surface area contributed by atoms with Crippen LogP contribution in [0, 0.1) is 11.3 Å². The molecule has 2 rings (SSSR count). The van der Waals surface area contributed by atoms with Crippen LogP contribution in [0.2, 0.25) is 0 Å². The molecule has 4 unspecified atom stereocenters. The zero-order valence-electron chi connectivity index (χ0n) is 9.54. The summed E-state index contributed by atoms with van der Waals surface area (Å²) < 4.78 is 11.7. The SMILES string of the molecule is CNC1COC2C1OCC2C(C)(C)C. The molecule has 2 aliphatic heterocycles. The Morgan fingerprint density at radius 2 is 1.71 bits per heavy atom. The highest BCUT2D eigenvalue weighted by Gasteiger charge is 2.50. The Hall–Kier alpha value is -0.120. The zero-order chi connectivity index (χ0) is 10.3. The van der Waals surface area contributed by atoms with E-state index in [4.69, 9.17) is 9.47 Å². The molecule has 2 saturated heterocycles. The van der Waals surface area contributed by atoms with E-state index in [1.54, 1.807) is 0 Å². The molecule has 0 bridgehead atoms. The van der Waals surface area contributed by atoms with Crippen LogP contribution in [0.3, 0.4) is 0 Å². The molecule has 2 aliphatic rings. The molecule has 0 aliphatic carbocycles. The predicted molar refractivity (Wildman–Crippen MR) is 55.3 cm³/mol. The summed E-state index contributed by atoms with van der Waals surface area (Å²) in [6.45, 7) is 8.42. The smallest absolute Gasteiger partial charge is 0.101 e. The van der Waals surface area contributed by atoms with Crippen LogP contribution in [0.4, 0.5) is 0 Å². The summed E-state index contributed by atoms with van der Waals surface area (Å²) in [5.74, 6) is 0.533. The molecular formula is C11H21NO2. The molecule has 0 aromatic carbocycles. The van der Waals surface area contributed by atoms with Gasteiger partial charge in [-0.25, -0.2) is 0 Å². The number of hydrogen-bond acceptors (Lipinski definition) is 3. The van der Waals surface area contributed by atoms with Gasteiger partial charge >= 0.3 is 0 Å². The molecule has 2 heterocycles. The molecule has 0 saturated carbocycles. The van der Waals surface area contributed by atoms with Crippen LogP contribution in [-0.2, 0) is 9.47 Å². The Balaban J connectivity index is 2.08. The first kappa shape index (κ1) is 10.4. The minimum Gasteiger partial charge on any atom is -0.373 e. The van der Waals surface area contributed by atoms with Gasteiger partial charge in [-0.3, -0.25) is 0 Å². The van der Waals surface area contributed by atoms with Crippen LogP contribution in [0.25, 0.3) is 0 Å². The molecule has 0 aromatic heterocycles. The van der Waals surface area contributed by atoms with Crippen molar-refractivity contribution in [2.75, 3.05) is 20.3 Å². The van der Waals surface area contributed by atoms with E-state index in [9.17, 15) is 0 Å². The average Bonchev–Trinajstić information content (AvgIpc) is 2.59. The topological polar surface area (TPSA) is 30.5 Å². The number of rotatable bonds is 1. The first-order valence-corrected chi connectivity index (χ1v) is 5.44. The maximum atomic E-state index is 5.83. The van der Waals surface area contributed by atoms with Crippen LogP contribution in [0.15, 0.2) is 0 Å². The van der Waals surface area contributed by atoms with E-state index in [2.05, 4.69) is 26.1 Å². The highest BCUT2D eigenvalue weighted by atomic mass is 16.6. The fraction of sp³-hybridized carbons (Fsp3) is 1.00. The van der Waals surface area contributed by atoms with Crippen molar-refractivity contribution in [3.63, 3.8) is 0 Å². The lowest BCUT2D eigenvalue weighted by Gasteiger charge is -2.29. The number of hydrogen-bond donors (Lipinski definition) is 1. The van der Waals surface area contributed by atoms with Gasteiger partial charge in [-0.05, 0) is 12.5 Å². The summed E-state index contributed by atoms with van der Waals surface area (Å²) >= 11 is 0. The molecule has 0 radical (unpaired) electrons. The van der Waals surface area contributed by atoms with Crippen LogP contribution >= 0.6 is 0 Å². The van der Waals surface area contributed by atoms with E-state index in [1.807, 2.05) is 7.05 Å². The van der Waals surface area contributed by atoms with Crippen molar-refractivity contribution in [3.8, 4) is 0 Å². The highest BCUT2D eigenvalue weighted by molar-refractivity contribution is 5.00. The molecule has 1 N–H and O–H groups in total. The third kappa shape index (κ3) is 1.58. The minimum atomic E-state index is 0.268. The number of fused-ring (bicyclic) bond motifs is 1. The summed E-state index contributed by atoms with van der Waals surface area (Å²) in [6.07, 6.45) is 0.566. The van der Waals surface area contributed by atoms with E-state index >= 15 is 0 Å². The molecule has 0 aromatic rings. The second-order valence-corrected chi connectivity index (χ2v) is 5.46. The second kappa shape index (κ2) is 3.47. The normalized spacial score (nSPS) is 42.9. The lowest BCUT2D eigenvalue weighted by atomic mass is 9.78. The van der Waals surface area contributed by atoms with E-state index < -0.39 is 0 Å². The summed E-state index contributed by atoms with van der Waals surface area (Å²) in [5, 5.41) is 3.26. The van der Waals surface area contributed by atoms with E-state index in [-0.39, 0.29) is 11.5 Å². The van der Waals surface area contributed by atoms with Gasteiger partial charge in [0.2, 0.25) is 0 Å². The molecule has 14 heavy (non-hydrogen) atoms. The van der Waals surface area contributed by atoms with Crippen molar-refractivity contribution in [2.45, 2.75) is 39.0 Å². The summed E-state index contributed by atoms with van der Waals surface area (Å²) in [7, 11) is 1.98.